The quantitative estimate of drug-likeness (QED) is 0.941. The fourth-order valence-electron chi connectivity index (χ4n) is 1.34. The number of aromatic nitrogens is 2. The number of thiazole rings is 1. The second kappa shape index (κ2) is 5.24. The van der Waals surface area contributed by atoms with Crippen LogP contribution in [0.25, 0.3) is 0 Å². The summed E-state index contributed by atoms with van der Waals surface area (Å²) in [6.07, 6.45) is -2.94. The van der Waals surface area contributed by atoms with Gasteiger partial charge in [-0.1, -0.05) is 0 Å². The molecule has 0 aliphatic carbocycles. The van der Waals surface area contributed by atoms with Crippen molar-refractivity contribution < 1.29 is 13.2 Å². The van der Waals surface area contributed by atoms with E-state index >= 15 is 0 Å². The SMILES string of the molecule is N#Cc1ccc(C(F)(F)F)nc1NCc1cncs1. The van der Waals surface area contributed by atoms with E-state index in [1.54, 1.807) is 17.8 Å². The molecule has 0 spiro atoms. The Bertz CT molecular complexity index is 601. The Morgan fingerprint density at radius 3 is 2.74 bits per heavy atom. The Hall–Kier alpha value is -2.14. The average molecular weight is 284 g/mol. The minimum atomic E-state index is -4.53. The number of anilines is 1. The lowest BCUT2D eigenvalue weighted by Gasteiger charge is -2.10. The summed E-state index contributed by atoms with van der Waals surface area (Å²) in [7, 11) is 0. The van der Waals surface area contributed by atoms with Crippen LogP contribution in [0.2, 0.25) is 0 Å². The smallest absolute Gasteiger partial charge is 0.364 e. The van der Waals surface area contributed by atoms with E-state index in [4.69, 9.17) is 5.26 Å². The van der Waals surface area contributed by atoms with Crippen LogP contribution in [-0.4, -0.2) is 9.97 Å². The van der Waals surface area contributed by atoms with Crippen LogP contribution >= 0.6 is 11.3 Å². The van der Waals surface area contributed by atoms with Gasteiger partial charge in [-0.2, -0.15) is 18.4 Å². The molecule has 0 aliphatic heterocycles. The number of nitriles is 1. The van der Waals surface area contributed by atoms with Gasteiger partial charge in [0.25, 0.3) is 0 Å². The summed E-state index contributed by atoms with van der Waals surface area (Å²) in [6, 6.07) is 3.69. The molecule has 2 heterocycles. The van der Waals surface area contributed by atoms with Crippen LogP contribution in [0.3, 0.4) is 0 Å². The molecule has 2 aromatic rings. The number of halogens is 3. The molecule has 2 rings (SSSR count). The summed E-state index contributed by atoms with van der Waals surface area (Å²) in [5.74, 6) is -0.0780. The van der Waals surface area contributed by atoms with E-state index in [1.165, 1.54) is 11.3 Å². The fourth-order valence-corrected chi connectivity index (χ4v) is 1.88. The molecule has 0 aromatic carbocycles. The van der Waals surface area contributed by atoms with E-state index in [0.29, 0.717) is 0 Å². The van der Waals surface area contributed by atoms with Crippen molar-refractivity contribution in [3.05, 3.63) is 40.0 Å². The highest BCUT2D eigenvalue weighted by atomic mass is 32.1. The third kappa shape index (κ3) is 3.20. The maximum absolute atomic E-state index is 12.5. The summed E-state index contributed by atoms with van der Waals surface area (Å²) in [5.41, 5.74) is 0.651. The third-order valence-corrected chi connectivity index (χ3v) is 3.00. The van der Waals surface area contributed by atoms with Gasteiger partial charge in [-0.3, -0.25) is 4.98 Å². The van der Waals surface area contributed by atoms with E-state index in [0.717, 1.165) is 17.0 Å². The van der Waals surface area contributed by atoms with Gasteiger partial charge in [-0.15, -0.1) is 11.3 Å². The third-order valence-electron chi connectivity index (χ3n) is 2.22. The molecule has 1 N–H and O–H groups in total. The van der Waals surface area contributed by atoms with E-state index in [2.05, 4.69) is 15.3 Å². The van der Waals surface area contributed by atoms with Gasteiger partial charge in [0, 0.05) is 11.1 Å². The number of nitrogens with one attached hydrogen (secondary N) is 1. The van der Waals surface area contributed by atoms with Gasteiger partial charge in [0.1, 0.15) is 17.6 Å². The molecule has 0 unspecified atom stereocenters. The lowest BCUT2D eigenvalue weighted by molar-refractivity contribution is -0.141. The first-order valence-corrected chi connectivity index (χ1v) is 5.98. The summed E-state index contributed by atoms with van der Waals surface area (Å²) < 4.78 is 37.6. The minimum Gasteiger partial charge on any atom is -0.364 e. The van der Waals surface area contributed by atoms with Gasteiger partial charge in [0.15, 0.2) is 0 Å². The van der Waals surface area contributed by atoms with Crippen LogP contribution in [0.1, 0.15) is 16.1 Å². The zero-order valence-corrected chi connectivity index (χ0v) is 10.2. The summed E-state index contributed by atoms with van der Waals surface area (Å²) in [4.78, 5) is 8.12. The van der Waals surface area contributed by atoms with Crippen LogP contribution in [0, 0.1) is 11.3 Å². The van der Waals surface area contributed by atoms with Crippen molar-refractivity contribution in [1.82, 2.24) is 9.97 Å². The molecule has 0 atom stereocenters. The molecular formula is C11H7F3N4S. The first kappa shape index (κ1) is 13.3. The van der Waals surface area contributed by atoms with E-state index in [1.807, 2.05) is 0 Å². The lowest BCUT2D eigenvalue weighted by Crippen LogP contribution is -2.11. The number of nitrogens with zero attached hydrogens (tertiary/aromatic N) is 3. The molecular weight excluding hydrogens is 277 g/mol. The molecule has 0 saturated carbocycles. The van der Waals surface area contributed by atoms with E-state index < -0.39 is 11.9 Å². The molecule has 0 saturated heterocycles. The number of rotatable bonds is 3. The Labute approximate surface area is 110 Å². The molecule has 0 fully saturated rings. The van der Waals surface area contributed by atoms with Crippen LogP contribution in [0.5, 0.6) is 0 Å². The van der Waals surface area contributed by atoms with E-state index in [-0.39, 0.29) is 17.9 Å². The molecule has 2 aromatic heterocycles. The standard InChI is InChI=1S/C11H7F3N4S/c12-11(13,14)9-2-1-7(3-15)10(18-9)17-5-8-4-16-6-19-8/h1-2,4,6H,5H2,(H,17,18). The van der Waals surface area contributed by atoms with Gasteiger partial charge in [0.2, 0.25) is 0 Å². The normalized spacial score (nSPS) is 11.1. The first-order valence-electron chi connectivity index (χ1n) is 5.10. The molecule has 0 radical (unpaired) electrons. The van der Waals surface area contributed by atoms with Gasteiger partial charge >= 0.3 is 6.18 Å². The van der Waals surface area contributed by atoms with Crippen LogP contribution in [0.4, 0.5) is 19.0 Å². The van der Waals surface area contributed by atoms with Crippen molar-refractivity contribution in [1.29, 1.82) is 5.26 Å². The minimum absolute atomic E-state index is 0.0671. The summed E-state index contributed by atoms with van der Waals surface area (Å²) >= 11 is 1.36. The predicted octanol–water partition coefficient (Wildman–Crippen LogP) is 3.04. The summed E-state index contributed by atoms with van der Waals surface area (Å²) in [6.45, 7) is 0.271. The molecule has 98 valence electrons. The molecule has 19 heavy (non-hydrogen) atoms. The number of hydrogen-bond acceptors (Lipinski definition) is 5. The van der Waals surface area contributed by atoms with E-state index in [9.17, 15) is 13.2 Å². The topological polar surface area (TPSA) is 61.6 Å². The Morgan fingerprint density at radius 2 is 2.16 bits per heavy atom. The highest BCUT2D eigenvalue weighted by Gasteiger charge is 2.33. The van der Waals surface area contributed by atoms with Crippen molar-refractivity contribution in [3.63, 3.8) is 0 Å². The van der Waals surface area contributed by atoms with Crippen molar-refractivity contribution >= 4 is 17.2 Å². The highest BCUT2D eigenvalue weighted by molar-refractivity contribution is 7.09. The van der Waals surface area contributed by atoms with Gasteiger partial charge in [0.05, 0.1) is 17.6 Å². The number of pyridine rings is 1. The molecule has 0 amide bonds. The second-order valence-electron chi connectivity index (χ2n) is 3.52. The monoisotopic (exact) mass is 284 g/mol. The maximum Gasteiger partial charge on any atom is 0.433 e. The van der Waals surface area contributed by atoms with Crippen molar-refractivity contribution in [3.8, 4) is 6.07 Å². The lowest BCUT2D eigenvalue weighted by atomic mass is 10.2. The summed E-state index contributed by atoms with van der Waals surface area (Å²) in [5, 5.41) is 11.6. The fraction of sp³-hybridized carbons (Fsp3) is 0.182. The van der Waals surface area contributed by atoms with Crippen molar-refractivity contribution in [2.45, 2.75) is 12.7 Å². The molecule has 0 aliphatic rings. The van der Waals surface area contributed by atoms with Crippen LogP contribution < -0.4 is 5.32 Å². The predicted molar refractivity (Wildman–Crippen MR) is 63.4 cm³/mol. The largest absolute Gasteiger partial charge is 0.433 e. The zero-order chi connectivity index (χ0) is 13.9. The Morgan fingerprint density at radius 1 is 1.37 bits per heavy atom. The Kier molecular flexibility index (Phi) is 3.66. The van der Waals surface area contributed by atoms with Gasteiger partial charge in [-0.25, -0.2) is 4.98 Å². The number of alkyl halides is 3. The molecule has 0 bridgehead atoms. The van der Waals surface area contributed by atoms with Crippen molar-refractivity contribution in [2.75, 3.05) is 5.32 Å². The van der Waals surface area contributed by atoms with Crippen LogP contribution in [0.15, 0.2) is 23.8 Å². The molecule has 8 heteroatoms. The second-order valence-corrected chi connectivity index (χ2v) is 4.49. The highest BCUT2D eigenvalue weighted by Crippen LogP contribution is 2.29. The Balaban J connectivity index is 2.24. The number of hydrogen-bond donors (Lipinski definition) is 1. The zero-order valence-electron chi connectivity index (χ0n) is 9.40. The maximum atomic E-state index is 12.5. The van der Waals surface area contributed by atoms with Gasteiger partial charge < -0.3 is 5.32 Å². The van der Waals surface area contributed by atoms with Crippen LogP contribution in [-0.2, 0) is 12.7 Å². The van der Waals surface area contributed by atoms with Gasteiger partial charge in [-0.05, 0) is 12.1 Å². The average Bonchev–Trinajstić information content (AvgIpc) is 2.88. The molecule has 4 nitrogen and oxygen atoms in total. The van der Waals surface area contributed by atoms with Crippen molar-refractivity contribution in [2.24, 2.45) is 0 Å². The first-order chi connectivity index (χ1) is 9.00.